The lowest BCUT2D eigenvalue weighted by Gasteiger charge is -2.43. The summed E-state index contributed by atoms with van der Waals surface area (Å²) < 4.78 is 0. The molecule has 2 aromatic carbocycles. The fourth-order valence-corrected chi connectivity index (χ4v) is 3.71. The first kappa shape index (κ1) is 15.2. The van der Waals surface area contributed by atoms with Gasteiger partial charge < -0.3 is 9.80 Å². The molecule has 0 bridgehead atoms. The van der Waals surface area contributed by atoms with Gasteiger partial charge in [-0.15, -0.1) is 0 Å². The number of amides is 2. The normalized spacial score (nSPS) is 20.0. The third-order valence-electron chi connectivity index (χ3n) is 4.81. The Morgan fingerprint density at radius 1 is 0.958 bits per heavy atom. The number of rotatable bonds is 2. The molecule has 122 valence electrons. The number of halogens is 1. The molecule has 0 saturated carbocycles. The van der Waals surface area contributed by atoms with Crippen molar-refractivity contribution in [1.82, 2.24) is 9.80 Å². The molecule has 2 amide bonds. The van der Waals surface area contributed by atoms with Crippen molar-refractivity contribution in [3.8, 4) is 0 Å². The predicted octanol–water partition coefficient (Wildman–Crippen LogP) is 2.64. The average Bonchev–Trinajstić information content (AvgIpc) is 2.60. The molecular weight excluding hydrogens is 324 g/mol. The number of piperazine rings is 1. The second-order valence-electron chi connectivity index (χ2n) is 6.30. The van der Waals surface area contributed by atoms with E-state index in [0.29, 0.717) is 24.5 Å². The van der Waals surface area contributed by atoms with Gasteiger partial charge in [0.1, 0.15) is 12.6 Å². The van der Waals surface area contributed by atoms with E-state index in [1.807, 2.05) is 42.5 Å². The van der Waals surface area contributed by atoms with Gasteiger partial charge in [0.2, 0.25) is 11.8 Å². The van der Waals surface area contributed by atoms with Crippen molar-refractivity contribution in [2.24, 2.45) is 0 Å². The van der Waals surface area contributed by atoms with Crippen LogP contribution in [0.25, 0.3) is 0 Å². The molecule has 5 heteroatoms. The van der Waals surface area contributed by atoms with Gasteiger partial charge in [-0.1, -0.05) is 54.1 Å². The van der Waals surface area contributed by atoms with Crippen molar-refractivity contribution in [1.29, 1.82) is 0 Å². The zero-order chi connectivity index (χ0) is 16.7. The van der Waals surface area contributed by atoms with Crippen LogP contribution in [0.5, 0.6) is 0 Å². The highest BCUT2D eigenvalue weighted by atomic mass is 35.5. The summed E-state index contributed by atoms with van der Waals surface area (Å²) in [4.78, 5) is 28.8. The molecule has 2 aromatic rings. The number of carbonyl (C=O) groups is 2. The Balaban J connectivity index is 1.60. The highest BCUT2D eigenvalue weighted by Crippen LogP contribution is 2.28. The van der Waals surface area contributed by atoms with Gasteiger partial charge in [-0.3, -0.25) is 9.59 Å². The van der Waals surface area contributed by atoms with Crippen molar-refractivity contribution < 1.29 is 9.59 Å². The number of fused-ring (bicyclic) bond motifs is 2. The van der Waals surface area contributed by atoms with Crippen molar-refractivity contribution in [3.05, 3.63) is 70.2 Å². The van der Waals surface area contributed by atoms with Crippen LogP contribution in [-0.2, 0) is 29.1 Å². The summed E-state index contributed by atoms with van der Waals surface area (Å²) in [6.45, 7) is 1.00. The Morgan fingerprint density at radius 3 is 2.46 bits per heavy atom. The second kappa shape index (κ2) is 5.95. The topological polar surface area (TPSA) is 40.6 Å². The molecule has 24 heavy (non-hydrogen) atoms. The third-order valence-corrected chi connectivity index (χ3v) is 5.18. The van der Waals surface area contributed by atoms with Crippen LogP contribution >= 0.6 is 11.6 Å². The minimum atomic E-state index is -0.399. The van der Waals surface area contributed by atoms with Gasteiger partial charge in [0.05, 0.1) is 0 Å². The molecule has 1 fully saturated rings. The van der Waals surface area contributed by atoms with Crippen LogP contribution in [0.2, 0.25) is 5.02 Å². The Morgan fingerprint density at radius 2 is 1.67 bits per heavy atom. The van der Waals surface area contributed by atoms with E-state index in [1.54, 1.807) is 15.9 Å². The van der Waals surface area contributed by atoms with Gasteiger partial charge in [0, 0.05) is 24.5 Å². The lowest BCUT2D eigenvalue weighted by Crippen LogP contribution is -2.61. The first-order chi connectivity index (χ1) is 11.6. The minimum Gasteiger partial charge on any atom is -0.327 e. The molecule has 1 saturated heterocycles. The predicted molar refractivity (Wildman–Crippen MR) is 91.4 cm³/mol. The summed E-state index contributed by atoms with van der Waals surface area (Å²) in [6, 6.07) is 15.1. The standard InChI is InChI=1S/C19H17ClN2O2/c20-16-8-4-3-7-15(16)10-21-12-18(23)22-11-14-6-2-1-5-13(14)9-17(22)19(21)24/h1-8,17H,9-12H2/t17-/m1/s1. The first-order valence-electron chi connectivity index (χ1n) is 8.02. The maximum absolute atomic E-state index is 12.9. The Bertz CT molecular complexity index is 821. The van der Waals surface area contributed by atoms with Crippen LogP contribution in [0.3, 0.4) is 0 Å². The van der Waals surface area contributed by atoms with Gasteiger partial charge in [0.25, 0.3) is 0 Å². The number of carbonyl (C=O) groups excluding carboxylic acids is 2. The summed E-state index contributed by atoms with van der Waals surface area (Å²) in [5, 5.41) is 0.620. The fraction of sp³-hybridized carbons (Fsp3) is 0.263. The number of hydrogen-bond acceptors (Lipinski definition) is 2. The molecule has 0 N–H and O–H groups in total. The Kier molecular flexibility index (Phi) is 3.77. The molecule has 2 heterocycles. The van der Waals surface area contributed by atoms with Crippen LogP contribution in [0, 0.1) is 0 Å². The monoisotopic (exact) mass is 340 g/mol. The van der Waals surface area contributed by atoms with Crippen molar-refractivity contribution in [2.75, 3.05) is 6.54 Å². The van der Waals surface area contributed by atoms with Crippen molar-refractivity contribution in [2.45, 2.75) is 25.6 Å². The molecule has 2 aliphatic rings. The van der Waals surface area contributed by atoms with Gasteiger partial charge in [-0.25, -0.2) is 0 Å². The number of nitrogens with zero attached hydrogens (tertiary/aromatic N) is 2. The van der Waals surface area contributed by atoms with E-state index in [1.165, 1.54) is 0 Å². The lowest BCUT2D eigenvalue weighted by molar-refractivity contribution is -0.157. The molecule has 0 aliphatic carbocycles. The molecular formula is C19H17ClN2O2. The van der Waals surface area contributed by atoms with Crippen molar-refractivity contribution in [3.63, 3.8) is 0 Å². The first-order valence-corrected chi connectivity index (χ1v) is 8.40. The van der Waals surface area contributed by atoms with Gasteiger partial charge in [-0.2, -0.15) is 0 Å². The Hall–Kier alpha value is -2.33. The van der Waals surface area contributed by atoms with E-state index >= 15 is 0 Å². The van der Waals surface area contributed by atoms with E-state index in [9.17, 15) is 9.59 Å². The number of benzene rings is 2. The summed E-state index contributed by atoms with van der Waals surface area (Å²) >= 11 is 6.20. The largest absolute Gasteiger partial charge is 0.327 e. The minimum absolute atomic E-state index is 0.00107. The van der Waals surface area contributed by atoms with Crippen LogP contribution in [0.4, 0.5) is 0 Å². The summed E-state index contributed by atoms with van der Waals surface area (Å²) in [6.07, 6.45) is 0.583. The van der Waals surface area contributed by atoms with E-state index in [0.717, 1.165) is 16.7 Å². The molecule has 4 rings (SSSR count). The Labute approximate surface area is 145 Å². The highest BCUT2D eigenvalue weighted by Gasteiger charge is 2.41. The van der Waals surface area contributed by atoms with Gasteiger partial charge in [0.15, 0.2) is 0 Å². The molecule has 0 unspecified atom stereocenters. The fourth-order valence-electron chi connectivity index (χ4n) is 3.51. The zero-order valence-corrected chi connectivity index (χ0v) is 13.9. The quantitative estimate of drug-likeness (QED) is 0.843. The van der Waals surface area contributed by atoms with E-state index in [-0.39, 0.29) is 18.4 Å². The smallest absolute Gasteiger partial charge is 0.246 e. The average molecular weight is 341 g/mol. The lowest BCUT2D eigenvalue weighted by atomic mass is 9.91. The molecule has 2 aliphatic heterocycles. The molecule has 1 atom stereocenters. The van der Waals surface area contributed by atoms with E-state index in [2.05, 4.69) is 0 Å². The molecule has 0 aromatic heterocycles. The molecule has 0 spiro atoms. The van der Waals surface area contributed by atoms with Crippen molar-refractivity contribution >= 4 is 23.4 Å². The van der Waals surface area contributed by atoms with E-state index < -0.39 is 6.04 Å². The zero-order valence-electron chi connectivity index (χ0n) is 13.1. The molecule has 0 radical (unpaired) electrons. The second-order valence-corrected chi connectivity index (χ2v) is 6.70. The van der Waals surface area contributed by atoms with Gasteiger partial charge >= 0.3 is 0 Å². The maximum atomic E-state index is 12.9. The highest BCUT2D eigenvalue weighted by molar-refractivity contribution is 6.31. The summed E-state index contributed by atoms with van der Waals surface area (Å²) in [5.74, 6) is 0.00480. The van der Waals surface area contributed by atoms with Gasteiger partial charge in [-0.05, 0) is 22.8 Å². The van der Waals surface area contributed by atoms with Crippen LogP contribution < -0.4 is 0 Å². The van der Waals surface area contributed by atoms with E-state index in [4.69, 9.17) is 11.6 Å². The molecule has 4 nitrogen and oxygen atoms in total. The number of hydrogen-bond donors (Lipinski definition) is 0. The van der Waals surface area contributed by atoms with Crippen LogP contribution in [-0.4, -0.2) is 34.2 Å². The SMILES string of the molecule is O=C1[C@H]2Cc3ccccc3CN2C(=O)CN1Cc1ccccc1Cl. The maximum Gasteiger partial charge on any atom is 0.246 e. The third kappa shape index (κ3) is 2.57. The van der Waals surface area contributed by atoms with Crippen LogP contribution in [0.15, 0.2) is 48.5 Å². The van der Waals surface area contributed by atoms with Crippen LogP contribution in [0.1, 0.15) is 16.7 Å². The summed E-state index contributed by atoms with van der Waals surface area (Å²) in [7, 11) is 0. The summed E-state index contributed by atoms with van der Waals surface area (Å²) in [5.41, 5.74) is 3.15.